The summed E-state index contributed by atoms with van der Waals surface area (Å²) in [6, 6.07) is 10.5. The van der Waals surface area contributed by atoms with Crippen molar-refractivity contribution in [3.05, 3.63) is 47.0 Å². The SMILES string of the molecule is O=CC1=C2CCCC2CCC1c1ccccc1. The molecule has 2 unspecified atom stereocenters. The van der Waals surface area contributed by atoms with Gasteiger partial charge in [0.1, 0.15) is 6.29 Å². The summed E-state index contributed by atoms with van der Waals surface area (Å²) in [6.45, 7) is 0. The second-order valence-corrected chi connectivity index (χ2v) is 5.23. The molecule has 1 saturated carbocycles. The molecule has 0 radical (unpaired) electrons. The third kappa shape index (κ3) is 1.84. The van der Waals surface area contributed by atoms with E-state index >= 15 is 0 Å². The Labute approximate surface area is 103 Å². The molecular weight excluding hydrogens is 208 g/mol. The molecule has 1 nitrogen and oxygen atoms in total. The number of carbonyl (C=O) groups is 1. The van der Waals surface area contributed by atoms with E-state index < -0.39 is 0 Å². The van der Waals surface area contributed by atoms with Gasteiger partial charge in [-0.2, -0.15) is 0 Å². The Morgan fingerprint density at radius 2 is 1.88 bits per heavy atom. The summed E-state index contributed by atoms with van der Waals surface area (Å²) in [4.78, 5) is 11.4. The average Bonchev–Trinajstić information content (AvgIpc) is 2.86. The zero-order chi connectivity index (χ0) is 11.7. The summed E-state index contributed by atoms with van der Waals surface area (Å²) >= 11 is 0. The topological polar surface area (TPSA) is 17.1 Å². The fourth-order valence-electron chi connectivity index (χ4n) is 3.55. The van der Waals surface area contributed by atoms with Crippen molar-refractivity contribution in [3.8, 4) is 0 Å². The van der Waals surface area contributed by atoms with Gasteiger partial charge in [-0.25, -0.2) is 0 Å². The number of benzene rings is 1. The molecule has 1 aromatic rings. The van der Waals surface area contributed by atoms with Crippen molar-refractivity contribution in [3.63, 3.8) is 0 Å². The van der Waals surface area contributed by atoms with E-state index in [2.05, 4.69) is 24.3 Å². The molecule has 3 rings (SSSR count). The minimum atomic E-state index is 0.359. The zero-order valence-electron chi connectivity index (χ0n) is 10.1. The number of hydrogen-bond donors (Lipinski definition) is 0. The highest BCUT2D eigenvalue weighted by Crippen LogP contribution is 2.46. The van der Waals surface area contributed by atoms with E-state index in [1.807, 2.05) is 6.07 Å². The molecule has 1 fully saturated rings. The fraction of sp³-hybridized carbons (Fsp3) is 0.438. The van der Waals surface area contributed by atoms with Crippen LogP contribution >= 0.6 is 0 Å². The first-order valence-electron chi connectivity index (χ1n) is 6.63. The Morgan fingerprint density at radius 3 is 2.65 bits per heavy atom. The van der Waals surface area contributed by atoms with Crippen molar-refractivity contribution < 1.29 is 4.79 Å². The van der Waals surface area contributed by atoms with Gasteiger partial charge in [-0.15, -0.1) is 0 Å². The summed E-state index contributed by atoms with van der Waals surface area (Å²) in [6.07, 6.45) is 7.28. The van der Waals surface area contributed by atoms with Gasteiger partial charge in [-0.1, -0.05) is 35.9 Å². The standard InChI is InChI=1S/C16H18O/c17-11-16-14-8-4-7-13(14)9-10-15(16)12-5-2-1-3-6-12/h1-3,5-6,11,13,15H,4,7-10H2. The number of aldehydes is 1. The zero-order valence-corrected chi connectivity index (χ0v) is 10.1. The van der Waals surface area contributed by atoms with Crippen LogP contribution in [0, 0.1) is 5.92 Å². The second-order valence-electron chi connectivity index (χ2n) is 5.23. The van der Waals surface area contributed by atoms with Crippen LogP contribution in [-0.2, 0) is 4.79 Å². The third-order valence-corrected chi connectivity index (χ3v) is 4.37. The molecule has 0 saturated heterocycles. The Bertz CT molecular complexity index is 444. The van der Waals surface area contributed by atoms with Crippen LogP contribution < -0.4 is 0 Å². The minimum absolute atomic E-state index is 0.359. The Kier molecular flexibility index (Phi) is 2.84. The predicted molar refractivity (Wildman–Crippen MR) is 68.8 cm³/mol. The molecule has 0 spiro atoms. The van der Waals surface area contributed by atoms with Gasteiger partial charge in [0.25, 0.3) is 0 Å². The predicted octanol–water partition coefficient (Wildman–Crippen LogP) is 3.86. The summed E-state index contributed by atoms with van der Waals surface area (Å²) < 4.78 is 0. The quantitative estimate of drug-likeness (QED) is 0.700. The summed E-state index contributed by atoms with van der Waals surface area (Å²) in [5.41, 5.74) is 3.89. The molecule has 2 aliphatic carbocycles. The first kappa shape index (κ1) is 10.8. The lowest BCUT2D eigenvalue weighted by Crippen LogP contribution is -2.16. The van der Waals surface area contributed by atoms with Gasteiger partial charge in [0.15, 0.2) is 0 Å². The normalized spacial score (nSPS) is 28.0. The summed E-state index contributed by atoms with van der Waals surface area (Å²) in [7, 11) is 0. The molecule has 0 amide bonds. The van der Waals surface area contributed by atoms with Gasteiger partial charge in [0.05, 0.1) is 0 Å². The van der Waals surface area contributed by atoms with Gasteiger partial charge < -0.3 is 0 Å². The Hall–Kier alpha value is -1.37. The molecule has 0 bridgehead atoms. The lowest BCUT2D eigenvalue weighted by atomic mass is 9.75. The third-order valence-electron chi connectivity index (χ3n) is 4.37. The molecule has 0 aromatic heterocycles. The first-order chi connectivity index (χ1) is 8.40. The van der Waals surface area contributed by atoms with Gasteiger partial charge >= 0.3 is 0 Å². The molecular formula is C16H18O. The van der Waals surface area contributed by atoms with E-state index in [9.17, 15) is 4.79 Å². The molecule has 0 aliphatic heterocycles. The van der Waals surface area contributed by atoms with Crippen molar-refractivity contribution in [2.45, 2.75) is 38.0 Å². The lowest BCUT2D eigenvalue weighted by Gasteiger charge is -2.28. The van der Waals surface area contributed by atoms with Crippen LogP contribution in [0.4, 0.5) is 0 Å². The van der Waals surface area contributed by atoms with Crippen molar-refractivity contribution in [1.82, 2.24) is 0 Å². The van der Waals surface area contributed by atoms with Crippen molar-refractivity contribution in [2.24, 2.45) is 5.92 Å². The second kappa shape index (κ2) is 4.48. The van der Waals surface area contributed by atoms with Gasteiger partial charge in [0, 0.05) is 5.92 Å². The van der Waals surface area contributed by atoms with Gasteiger partial charge in [-0.05, 0) is 49.2 Å². The van der Waals surface area contributed by atoms with Crippen molar-refractivity contribution in [2.75, 3.05) is 0 Å². The average molecular weight is 226 g/mol. The Balaban J connectivity index is 2.01. The molecule has 1 heteroatoms. The Morgan fingerprint density at radius 1 is 1.06 bits per heavy atom. The summed E-state index contributed by atoms with van der Waals surface area (Å²) in [5, 5.41) is 0. The van der Waals surface area contributed by atoms with E-state index in [1.165, 1.54) is 30.4 Å². The lowest BCUT2D eigenvalue weighted by molar-refractivity contribution is -0.105. The fourth-order valence-corrected chi connectivity index (χ4v) is 3.55. The van der Waals surface area contributed by atoms with Crippen LogP contribution in [0.1, 0.15) is 43.6 Å². The van der Waals surface area contributed by atoms with E-state index in [0.717, 1.165) is 30.6 Å². The van der Waals surface area contributed by atoms with E-state index in [1.54, 1.807) is 0 Å². The summed E-state index contributed by atoms with van der Waals surface area (Å²) in [5.74, 6) is 1.08. The minimum Gasteiger partial charge on any atom is -0.298 e. The smallest absolute Gasteiger partial charge is 0.146 e. The van der Waals surface area contributed by atoms with Crippen LogP contribution in [0.3, 0.4) is 0 Å². The highest BCUT2D eigenvalue weighted by Gasteiger charge is 2.32. The van der Waals surface area contributed by atoms with Crippen LogP contribution in [0.25, 0.3) is 0 Å². The molecule has 1 aromatic carbocycles. The largest absolute Gasteiger partial charge is 0.298 e. The maximum absolute atomic E-state index is 11.4. The van der Waals surface area contributed by atoms with Gasteiger partial charge in [-0.3, -0.25) is 4.79 Å². The number of hydrogen-bond acceptors (Lipinski definition) is 1. The number of allylic oxidation sites excluding steroid dienone is 2. The molecule has 17 heavy (non-hydrogen) atoms. The maximum Gasteiger partial charge on any atom is 0.146 e. The number of fused-ring (bicyclic) bond motifs is 1. The molecule has 0 N–H and O–H groups in total. The molecule has 88 valence electrons. The van der Waals surface area contributed by atoms with Crippen LogP contribution in [0.5, 0.6) is 0 Å². The van der Waals surface area contributed by atoms with E-state index in [4.69, 9.17) is 0 Å². The van der Waals surface area contributed by atoms with E-state index in [0.29, 0.717) is 5.92 Å². The maximum atomic E-state index is 11.4. The highest BCUT2D eigenvalue weighted by molar-refractivity contribution is 5.78. The molecule has 2 atom stereocenters. The molecule has 2 aliphatic rings. The van der Waals surface area contributed by atoms with E-state index in [-0.39, 0.29) is 0 Å². The van der Waals surface area contributed by atoms with Crippen LogP contribution in [0.15, 0.2) is 41.5 Å². The highest BCUT2D eigenvalue weighted by atomic mass is 16.1. The van der Waals surface area contributed by atoms with Crippen molar-refractivity contribution in [1.29, 1.82) is 0 Å². The van der Waals surface area contributed by atoms with Gasteiger partial charge in [0.2, 0.25) is 0 Å². The molecule has 0 heterocycles. The van der Waals surface area contributed by atoms with Crippen LogP contribution in [-0.4, -0.2) is 6.29 Å². The monoisotopic (exact) mass is 226 g/mol. The first-order valence-corrected chi connectivity index (χ1v) is 6.63. The van der Waals surface area contributed by atoms with Crippen molar-refractivity contribution >= 4 is 6.29 Å². The van der Waals surface area contributed by atoms with Crippen LogP contribution in [0.2, 0.25) is 0 Å². The number of carbonyl (C=O) groups excluding carboxylic acids is 1. The number of rotatable bonds is 2.